The highest BCUT2D eigenvalue weighted by molar-refractivity contribution is 6.35. The average Bonchev–Trinajstić information content (AvgIpc) is 2.82. The van der Waals surface area contributed by atoms with Crippen LogP contribution in [0.2, 0.25) is 10.0 Å². The third-order valence-electron chi connectivity index (χ3n) is 6.28. The average molecular weight is 485 g/mol. The van der Waals surface area contributed by atoms with Crippen molar-refractivity contribution in [3.8, 4) is 5.75 Å². The van der Waals surface area contributed by atoms with E-state index in [0.717, 1.165) is 22.1 Å². The normalized spacial score (nSPS) is 15.3. The van der Waals surface area contributed by atoms with Gasteiger partial charge in [0.15, 0.2) is 0 Å². The Morgan fingerprint density at radius 2 is 1.73 bits per heavy atom. The van der Waals surface area contributed by atoms with Gasteiger partial charge in [-0.15, -0.1) is 0 Å². The van der Waals surface area contributed by atoms with E-state index < -0.39 is 0 Å². The highest BCUT2D eigenvalue weighted by atomic mass is 35.5. The standard InChI is InChI=1S/C26H26Cl2N2O3/c1-16(19-8-7-18(27)15-23(19)28)29-25(31)17-11-13-30(14-12-17)26(32)22-9-10-24(33-2)21-6-4-3-5-20(21)22/h3-10,15-17H,11-14H2,1-2H3,(H,29,31)/t16-/m1/s1. The fraction of sp³-hybridized carbons (Fsp3) is 0.308. The number of halogens is 2. The molecule has 0 bridgehead atoms. The van der Waals surface area contributed by atoms with Crippen molar-refractivity contribution in [3.63, 3.8) is 0 Å². The molecule has 2 amide bonds. The fourth-order valence-corrected chi connectivity index (χ4v) is 4.98. The quantitative estimate of drug-likeness (QED) is 0.491. The summed E-state index contributed by atoms with van der Waals surface area (Å²) in [5.74, 6) is 0.562. The number of likely N-dealkylation sites (tertiary alicyclic amines) is 1. The van der Waals surface area contributed by atoms with Gasteiger partial charge in [-0.05, 0) is 55.0 Å². The minimum absolute atomic E-state index is 0.0180. The first-order chi connectivity index (χ1) is 15.9. The van der Waals surface area contributed by atoms with Crippen molar-refractivity contribution in [2.45, 2.75) is 25.8 Å². The lowest BCUT2D eigenvalue weighted by Gasteiger charge is -2.32. The smallest absolute Gasteiger partial charge is 0.254 e. The second kappa shape index (κ2) is 10.0. The topological polar surface area (TPSA) is 58.6 Å². The van der Waals surface area contributed by atoms with Crippen LogP contribution in [0.25, 0.3) is 10.8 Å². The zero-order valence-electron chi connectivity index (χ0n) is 18.6. The summed E-state index contributed by atoms with van der Waals surface area (Å²) in [5, 5.41) is 5.93. The van der Waals surface area contributed by atoms with Crippen molar-refractivity contribution < 1.29 is 14.3 Å². The maximum Gasteiger partial charge on any atom is 0.254 e. The molecule has 1 N–H and O–H groups in total. The summed E-state index contributed by atoms with van der Waals surface area (Å²) >= 11 is 12.2. The van der Waals surface area contributed by atoms with Gasteiger partial charge in [-0.3, -0.25) is 9.59 Å². The zero-order chi connectivity index (χ0) is 23.5. The number of ether oxygens (including phenoxy) is 1. The van der Waals surface area contributed by atoms with Gasteiger partial charge in [0.05, 0.1) is 13.2 Å². The summed E-state index contributed by atoms with van der Waals surface area (Å²) in [7, 11) is 1.63. The van der Waals surface area contributed by atoms with Gasteiger partial charge in [-0.25, -0.2) is 0 Å². The van der Waals surface area contributed by atoms with E-state index in [1.165, 1.54) is 0 Å². The Balaban J connectivity index is 1.40. The van der Waals surface area contributed by atoms with Crippen LogP contribution in [0.4, 0.5) is 0 Å². The number of fused-ring (bicyclic) bond motifs is 1. The molecule has 4 rings (SSSR count). The van der Waals surface area contributed by atoms with E-state index in [1.807, 2.05) is 54.3 Å². The third kappa shape index (κ3) is 4.94. The van der Waals surface area contributed by atoms with Gasteiger partial charge in [-0.2, -0.15) is 0 Å². The van der Waals surface area contributed by atoms with E-state index in [4.69, 9.17) is 27.9 Å². The van der Waals surface area contributed by atoms with Crippen LogP contribution in [0.3, 0.4) is 0 Å². The number of rotatable bonds is 5. The lowest BCUT2D eigenvalue weighted by molar-refractivity contribution is -0.126. The number of benzene rings is 3. The van der Waals surface area contributed by atoms with Gasteiger partial charge in [0.1, 0.15) is 5.75 Å². The van der Waals surface area contributed by atoms with Crippen LogP contribution in [0.15, 0.2) is 54.6 Å². The summed E-state index contributed by atoms with van der Waals surface area (Å²) < 4.78 is 5.44. The van der Waals surface area contributed by atoms with Crippen LogP contribution < -0.4 is 10.1 Å². The number of nitrogens with zero attached hydrogens (tertiary/aromatic N) is 1. The number of amides is 2. The molecule has 5 nitrogen and oxygen atoms in total. The molecule has 33 heavy (non-hydrogen) atoms. The molecular formula is C26H26Cl2N2O3. The van der Waals surface area contributed by atoms with Crippen LogP contribution in [-0.4, -0.2) is 36.9 Å². The predicted molar refractivity (Wildman–Crippen MR) is 132 cm³/mol. The van der Waals surface area contributed by atoms with Crippen molar-refractivity contribution >= 4 is 45.8 Å². The fourth-order valence-electron chi connectivity index (χ4n) is 4.41. The van der Waals surface area contributed by atoms with E-state index in [0.29, 0.717) is 41.5 Å². The highest BCUT2D eigenvalue weighted by Crippen LogP contribution is 2.31. The molecule has 1 aliphatic heterocycles. The molecule has 0 unspecified atom stereocenters. The van der Waals surface area contributed by atoms with Crippen molar-refractivity contribution in [3.05, 3.63) is 75.8 Å². The van der Waals surface area contributed by atoms with Gasteiger partial charge >= 0.3 is 0 Å². The Kier molecular flexibility index (Phi) is 7.11. The molecule has 0 radical (unpaired) electrons. The molecule has 3 aromatic rings. The predicted octanol–water partition coefficient (Wildman–Crippen LogP) is 5.88. The van der Waals surface area contributed by atoms with Crippen LogP contribution in [0.1, 0.15) is 41.7 Å². The SMILES string of the molecule is COc1ccc(C(=O)N2CCC(C(=O)N[C@H](C)c3ccc(Cl)cc3Cl)CC2)c2ccccc12. The van der Waals surface area contributed by atoms with Crippen LogP contribution in [0.5, 0.6) is 5.75 Å². The number of hydrogen-bond donors (Lipinski definition) is 1. The van der Waals surface area contributed by atoms with E-state index >= 15 is 0 Å². The Morgan fingerprint density at radius 3 is 2.39 bits per heavy atom. The maximum atomic E-state index is 13.3. The Morgan fingerprint density at radius 1 is 1.03 bits per heavy atom. The number of nitrogens with one attached hydrogen (secondary N) is 1. The Bertz CT molecular complexity index is 1190. The summed E-state index contributed by atoms with van der Waals surface area (Å²) in [6.45, 7) is 2.97. The molecule has 1 atom stereocenters. The molecule has 3 aromatic carbocycles. The summed E-state index contributed by atoms with van der Waals surface area (Å²) in [6.07, 6.45) is 1.24. The first-order valence-electron chi connectivity index (χ1n) is 11.0. The van der Waals surface area contributed by atoms with Gasteiger partial charge in [0.2, 0.25) is 5.91 Å². The Labute approximate surface area is 203 Å². The number of methoxy groups -OCH3 is 1. The van der Waals surface area contributed by atoms with Crippen LogP contribution in [0, 0.1) is 5.92 Å². The van der Waals surface area contributed by atoms with Crippen LogP contribution in [-0.2, 0) is 4.79 Å². The second-order valence-electron chi connectivity index (χ2n) is 8.32. The number of piperidine rings is 1. The lowest BCUT2D eigenvalue weighted by Crippen LogP contribution is -2.43. The van der Waals surface area contributed by atoms with E-state index in [9.17, 15) is 9.59 Å². The third-order valence-corrected chi connectivity index (χ3v) is 6.84. The monoisotopic (exact) mass is 484 g/mol. The highest BCUT2D eigenvalue weighted by Gasteiger charge is 2.29. The molecule has 1 fully saturated rings. The number of hydrogen-bond acceptors (Lipinski definition) is 3. The van der Waals surface area contributed by atoms with Crippen molar-refractivity contribution in [1.82, 2.24) is 10.2 Å². The largest absolute Gasteiger partial charge is 0.496 e. The summed E-state index contributed by atoms with van der Waals surface area (Å²) in [5.41, 5.74) is 1.48. The number of carbonyl (C=O) groups is 2. The van der Waals surface area contributed by atoms with Gasteiger partial charge in [0, 0.05) is 40.0 Å². The molecule has 0 aromatic heterocycles. The van der Waals surface area contributed by atoms with E-state index in [2.05, 4.69) is 5.32 Å². The molecule has 7 heteroatoms. The molecule has 0 aliphatic carbocycles. The van der Waals surface area contributed by atoms with E-state index in [1.54, 1.807) is 19.2 Å². The lowest BCUT2D eigenvalue weighted by atomic mass is 9.94. The minimum atomic E-state index is -0.229. The molecular weight excluding hydrogens is 459 g/mol. The van der Waals surface area contributed by atoms with Gasteiger partial charge in [0.25, 0.3) is 5.91 Å². The van der Waals surface area contributed by atoms with E-state index in [-0.39, 0.29) is 23.8 Å². The first kappa shape index (κ1) is 23.4. The summed E-state index contributed by atoms with van der Waals surface area (Å²) in [4.78, 5) is 28.0. The van der Waals surface area contributed by atoms with Crippen molar-refractivity contribution in [1.29, 1.82) is 0 Å². The van der Waals surface area contributed by atoms with Gasteiger partial charge in [-0.1, -0.05) is 53.5 Å². The van der Waals surface area contributed by atoms with Crippen molar-refractivity contribution in [2.75, 3.05) is 20.2 Å². The minimum Gasteiger partial charge on any atom is -0.496 e. The molecule has 0 saturated carbocycles. The molecule has 1 saturated heterocycles. The second-order valence-corrected chi connectivity index (χ2v) is 9.17. The van der Waals surface area contributed by atoms with Crippen molar-refractivity contribution in [2.24, 2.45) is 5.92 Å². The molecule has 1 heterocycles. The zero-order valence-corrected chi connectivity index (χ0v) is 20.1. The van der Waals surface area contributed by atoms with Gasteiger partial charge < -0.3 is 15.0 Å². The molecule has 0 spiro atoms. The number of carbonyl (C=O) groups excluding carboxylic acids is 2. The Hall–Kier alpha value is -2.76. The molecule has 1 aliphatic rings. The molecule has 172 valence electrons. The maximum absolute atomic E-state index is 13.3. The summed E-state index contributed by atoms with van der Waals surface area (Å²) in [6, 6.07) is 16.4. The first-order valence-corrected chi connectivity index (χ1v) is 11.7. The van der Waals surface area contributed by atoms with Crippen LogP contribution >= 0.6 is 23.2 Å².